The van der Waals surface area contributed by atoms with Gasteiger partial charge in [-0.3, -0.25) is 9.59 Å². The largest absolute Gasteiger partial charge is 0.495 e. The van der Waals surface area contributed by atoms with Gasteiger partial charge >= 0.3 is 0 Å². The second-order valence-corrected chi connectivity index (χ2v) is 5.25. The Morgan fingerprint density at radius 3 is 2.62 bits per heavy atom. The molecule has 0 heterocycles. The van der Waals surface area contributed by atoms with E-state index in [1.54, 1.807) is 25.2 Å². The Morgan fingerprint density at radius 1 is 1.38 bits per heavy atom. The van der Waals surface area contributed by atoms with E-state index in [-0.39, 0.29) is 18.4 Å². The Hall–Kier alpha value is -2.01. The monoisotopic (exact) mass is 310 g/mol. The fourth-order valence-corrected chi connectivity index (χ4v) is 1.79. The van der Waals surface area contributed by atoms with E-state index in [4.69, 9.17) is 16.3 Å². The third-order valence-electron chi connectivity index (χ3n) is 2.60. The third-order valence-corrected chi connectivity index (χ3v) is 2.84. The summed E-state index contributed by atoms with van der Waals surface area (Å²) in [6, 6.07) is 4.92. The van der Waals surface area contributed by atoms with Gasteiger partial charge in [-0.15, -0.1) is 0 Å². The van der Waals surface area contributed by atoms with Crippen molar-refractivity contribution < 1.29 is 14.3 Å². The number of rotatable bonds is 5. The van der Waals surface area contributed by atoms with Crippen molar-refractivity contribution in [3.05, 3.63) is 34.9 Å². The second kappa shape index (κ2) is 7.69. The van der Waals surface area contributed by atoms with Gasteiger partial charge in [0, 0.05) is 18.1 Å². The normalized spacial score (nSPS) is 9.76. The lowest BCUT2D eigenvalue weighted by Gasteiger charge is -2.16. The van der Waals surface area contributed by atoms with Gasteiger partial charge in [0.1, 0.15) is 5.75 Å². The molecule has 6 heteroatoms. The molecule has 5 nitrogen and oxygen atoms in total. The number of allylic oxidation sites excluding steroid dienone is 1. The molecular formula is C15H19ClN2O3. The van der Waals surface area contributed by atoms with Crippen molar-refractivity contribution >= 4 is 29.1 Å². The lowest BCUT2D eigenvalue weighted by Crippen LogP contribution is -2.34. The van der Waals surface area contributed by atoms with Crippen LogP contribution in [0.15, 0.2) is 29.8 Å². The van der Waals surface area contributed by atoms with Crippen LogP contribution in [0.3, 0.4) is 0 Å². The maximum Gasteiger partial charge on any atom is 0.246 e. The van der Waals surface area contributed by atoms with Crippen LogP contribution in [0.4, 0.5) is 5.69 Å². The number of amides is 2. The molecule has 0 aliphatic carbocycles. The highest BCUT2D eigenvalue weighted by molar-refractivity contribution is 6.31. The van der Waals surface area contributed by atoms with Crippen LogP contribution in [0.2, 0.25) is 5.02 Å². The van der Waals surface area contributed by atoms with Crippen molar-refractivity contribution in [2.45, 2.75) is 13.8 Å². The van der Waals surface area contributed by atoms with Gasteiger partial charge in [0.2, 0.25) is 11.8 Å². The fraction of sp³-hybridized carbons (Fsp3) is 0.333. The summed E-state index contributed by atoms with van der Waals surface area (Å²) in [5, 5.41) is 3.16. The van der Waals surface area contributed by atoms with E-state index in [0.717, 1.165) is 5.57 Å². The van der Waals surface area contributed by atoms with Crippen molar-refractivity contribution in [2.75, 3.05) is 26.0 Å². The van der Waals surface area contributed by atoms with E-state index in [9.17, 15) is 9.59 Å². The highest BCUT2D eigenvalue weighted by Crippen LogP contribution is 2.27. The molecule has 1 rings (SSSR count). The molecule has 0 spiro atoms. The predicted octanol–water partition coefficient (Wildman–Crippen LogP) is 2.71. The van der Waals surface area contributed by atoms with Gasteiger partial charge in [-0.05, 0) is 32.0 Å². The summed E-state index contributed by atoms with van der Waals surface area (Å²) in [4.78, 5) is 25.0. The average Bonchev–Trinajstić information content (AvgIpc) is 2.37. The quantitative estimate of drug-likeness (QED) is 0.851. The molecule has 0 bridgehead atoms. The average molecular weight is 311 g/mol. The fourth-order valence-electron chi connectivity index (χ4n) is 1.62. The van der Waals surface area contributed by atoms with Gasteiger partial charge in [-0.1, -0.05) is 17.2 Å². The first-order chi connectivity index (χ1) is 9.83. The molecule has 0 unspecified atom stereocenters. The molecule has 2 amide bonds. The number of halogens is 1. The molecule has 1 N–H and O–H groups in total. The summed E-state index contributed by atoms with van der Waals surface area (Å²) >= 11 is 5.89. The summed E-state index contributed by atoms with van der Waals surface area (Å²) < 4.78 is 5.14. The van der Waals surface area contributed by atoms with Crippen molar-refractivity contribution in [1.29, 1.82) is 0 Å². The van der Waals surface area contributed by atoms with Crippen LogP contribution >= 0.6 is 11.6 Å². The first-order valence-corrected chi connectivity index (χ1v) is 6.74. The molecule has 0 aliphatic rings. The molecule has 0 saturated heterocycles. The van der Waals surface area contributed by atoms with Gasteiger partial charge in [-0.2, -0.15) is 0 Å². The minimum absolute atomic E-state index is 0.0573. The highest BCUT2D eigenvalue weighted by atomic mass is 35.5. The number of methoxy groups -OCH3 is 1. The maximum atomic E-state index is 12.0. The number of nitrogens with zero attached hydrogens (tertiary/aromatic N) is 1. The summed E-state index contributed by atoms with van der Waals surface area (Å²) in [7, 11) is 3.07. The molecular weight excluding hydrogens is 292 g/mol. The first kappa shape index (κ1) is 17.0. The highest BCUT2D eigenvalue weighted by Gasteiger charge is 2.13. The number of hydrogen-bond donors (Lipinski definition) is 1. The van der Waals surface area contributed by atoms with Crippen molar-refractivity contribution in [1.82, 2.24) is 4.90 Å². The smallest absolute Gasteiger partial charge is 0.246 e. The lowest BCUT2D eigenvalue weighted by atomic mass is 10.3. The van der Waals surface area contributed by atoms with E-state index in [1.807, 2.05) is 13.8 Å². The van der Waals surface area contributed by atoms with Crippen molar-refractivity contribution in [2.24, 2.45) is 0 Å². The Balaban J connectivity index is 2.72. The van der Waals surface area contributed by atoms with E-state index < -0.39 is 0 Å². The van der Waals surface area contributed by atoms with Crippen LogP contribution in [0.25, 0.3) is 0 Å². The molecule has 114 valence electrons. The first-order valence-electron chi connectivity index (χ1n) is 6.37. The topological polar surface area (TPSA) is 58.6 Å². The van der Waals surface area contributed by atoms with Gasteiger partial charge in [-0.25, -0.2) is 0 Å². The van der Waals surface area contributed by atoms with Crippen molar-refractivity contribution in [3.8, 4) is 5.75 Å². The third kappa shape index (κ3) is 5.47. The van der Waals surface area contributed by atoms with Gasteiger partial charge in [0.05, 0.1) is 19.3 Å². The van der Waals surface area contributed by atoms with Crippen LogP contribution in [0, 0.1) is 0 Å². The van der Waals surface area contributed by atoms with Crippen LogP contribution < -0.4 is 10.1 Å². The van der Waals surface area contributed by atoms with Crippen LogP contribution in [-0.4, -0.2) is 37.4 Å². The van der Waals surface area contributed by atoms with E-state index in [2.05, 4.69) is 5.32 Å². The number of hydrogen-bond acceptors (Lipinski definition) is 3. The minimum Gasteiger partial charge on any atom is -0.495 e. The van der Waals surface area contributed by atoms with Crippen LogP contribution in [0.5, 0.6) is 5.75 Å². The number of likely N-dealkylation sites (N-methyl/N-ethyl adjacent to an activating group) is 1. The van der Waals surface area contributed by atoms with Crippen LogP contribution in [-0.2, 0) is 9.59 Å². The minimum atomic E-state index is -0.325. The number of benzene rings is 1. The zero-order valence-corrected chi connectivity index (χ0v) is 13.3. The summed E-state index contributed by atoms with van der Waals surface area (Å²) in [6.07, 6.45) is 1.48. The van der Waals surface area contributed by atoms with E-state index >= 15 is 0 Å². The lowest BCUT2D eigenvalue weighted by molar-refractivity contribution is -0.129. The number of anilines is 1. The SMILES string of the molecule is COc1ccc(Cl)cc1NC(=O)CN(C)C(=O)C=C(C)C. The molecule has 0 radical (unpaired) electrons. The Kier molecular flexibility index (Phi) is 6.24. The van der Waals surface area contributed by atoms with E-state index in [1.165, 1.54) is 18.1 Å². The summed E-state index contributed by atoms with van der Waals surface area (Å²) in [5.41, 5.74) is 1.35. The molecule has 0 atom stereocenters. The molecule has 1 aromatic carbocycles. The molecule has 0 aliphatic heterocycles. The second-order valence-electron chi connectivity index (χ2n) is 4.81. The molecule has 0 fully saturated rings. The van der Waals surface area contributed by atoms with Gasteiger partial charge in [0.15, 0.2) is 0 Å². The van der Waals surface area contributed by atoms with Gasteiger partial charge in [0.25, 0.3) is 0 Å². The predicted molar refractivity (Wildman–Crippen MR) is 83.7 cm³/mol. The number of ether oxygens (including phenoxy) is 1. The summed E-state index contributed by atoms with van der Waals surface area (Å²) in [5.74, 6) is -0.0391. The number of carbonyl (C=O) groups is 2. The molecule has 1 aromatic rings. The molecule has 0 saturated carbocycles. The standard InChI is InChI=1S/C15H19ClN2O3/c1-10(2)7-15(20)18(3)9-14(19)17-12-8-11(16)5-6-13(12)21-4/h5-8H,9H2,1-4H3,(H,17,19). The number of carbonyl (C=O) groups excluding carboxylic acids is 2. The Bertz CT molecular complexity index is 566. The zero-order chi connectivity index (χ0) is 16.0. The van der Waals surface area contributed by atoms with E-state index in [0.29, 0.717) is 16.5 Å². The molecule has 0 aromatic heterocycles. The number of nitrogens with one attached hydrogen (secondary N) is 1. The van der Waals surface area contributed by atoms with Gasteiger partial charge < -0.3 is 15.0 Å². The van der Waals surface area contributed by atoms with Crippen molar-refractivity contribution in [3.63, 3.8) is 0 Å². The summed E-state index contributed by atoms with van der Waals surface area (Å²) in [6.45, 7) is 3.59. The Morgan fingerprint density at radius 2 is 2.05 bits per heavy atom. The Labute approximate surface area is 129 Å². The van der Waals surface area contributed by atoms with Crippen LogP contribution in [0.1, 0.15) is 13.8 Å². The maximum absolute atomic E-state index is 12.0. The zero-order valence-electron chi connectivity index (χ0n) is 12.6. The molecule has 21 heavy (non-hydrogen) atoms.